The summed E-state index contributed by atoms with van der Waals surface area (Å²) in [6.45, 7) is 15.1. The highest BCUT2D eigenvalue weighted by molar-refractivity contribution is 6.12. The van der Waals surface area contributed by atoms with Crippen LogP contribution in [-0.2, 0) is 0 Å². The minimum Gasteiger partial charge on any atom is -0.309 e. The number of fused-ring (bicyclic) bond motifs is 6. The summed E-state index contributed by atoms with van der Waals surface area (Å²) in [7, 11) is 0. The van der Waals surface area contributed by atoms with E-state index in [2.05, 4.69) is 140 Å². The fraction of sp³-hybridized carbons (Fsp3) is 0. The first-order chi connectivity index (χ1) is 30.6. The average molecular weight is 790 g/mol. The van der Waals surface area contributed by atoms with E-state index in [9.17, 15) is 5.26 Å². The van der Waals surface area contributed by atoms with Gasteiger partial charge in [0.2, 0.25) is 0 Å². The van der Waals surface area contributed by atoms with Crippen molar-refractivity contribution in [3.63, 3.8) is 0 Å². The van der Waals surface area contributed by atoms with E-state index in [1.54, 1.807) is 24.3 Å². The Morgan fingerprint density at radius 2 is 0.952 bits per heavy atom. The van der Waals surface area contributed by atoms with E-state index < -0.39 is 0 Å². The maximum atomic E-state index is 10.6. The van der Waals surface area contributed by atoms with Crippen LogP contribution < -0.4 is 0 Å². The zero-order valence-corrected chi connectivity index (χ0v) is 33.0. The van der Waals surface area contributed by atoms with Crippen molar-refractivity contribution >= 4 is 55.0 Å². The van der Waals surface area contributed by atoms with E-state index in [0.29, 0.717) is 45.3 Å². The Morgan fingerprint density at radius 3 is 1.60 bits per heavy atom. The van der Waals surface area contributed by atoms with Gasteiger partial charge in [-0.25, -0.2) is 19.7 Å². The van der Waals surface area contributed by atoms with Crippen LogP contribution in [0.1, 0.15) is 5.56 Å². The second-order valence-electron chi connectivity index (χ2n) is 15.1. The summed E-state index contributed by atoms with van der Waals surface area (Å²) in [4.78, 5) is 17.0. The number of para-hydroxylation sites is 3. The lowest BCUT2D eigenvalue weighted by Gasteiger charge is -2.13. The van der Waals surface area contributed by atoms with Crippen molar-refractivity contribution < 1.29 is 0 Å². The van der Waals surface area contributed by atoms with E-state index in [-0.39, 0.29) is 0 Å². The van der Waals surface area contributed by atoms with E-state index >= 15 is 0 Å². The lowest BCUT2D eigenvalue weighted by Crippen LogP contribution is -1.97. The number of nitriles is 1. The lowest BCUT2D eigenvalue weighted by molar-refractivity contribution is 1.17. The molecule has 0 N–H and O–H groups in total. The molecule has 3 aromatic heterocycles. The van der Waals surface area contributed by atoms with Crippen LogP contribution in [0.2, 0.25) is 0 Å². The molecule has 286 valence electrons. The SMILES string of the molecule is [C-]#[N+]c1cccc(-c2cc(-c3ccc(-c4ccc(-n5c6ccccc6c6cc(-n7c8ccccc8c8ccccc87)ccc65)cc4)cc3C#N)nc(-c3cccc([N+]#[C-])c3)n2)c1. The third kappa shape index (κ3) is 5.96. The molecule has 0 aliphatic rings. The second kappa shape index (κ2) is 14.6. The Kier molecular flexibility index (Phi) is 8.50. The van der Waals surface area contributed by atoms with E-state index in [0.717, 1.165) is 39.1 Å². The highest BCUT2D eigenvalue weighted by Crippen LogP contribution is 2.38. The summed E-state index contributed by atoms with van der Waals surface area (Å²) >= 11 is 0. The summed E-state index contributed by atoms with van der Waals surface area (Å²) in [5, 5.41) is 15.4. The van der Waals surface area contributed by atoms with Gasteiger partial charge >= 0.3 is 0 Å². The van der Waals surface area contributed by atoms with Crippen molar-refractivity contribution in [1.82, 2.24) is 19.1 Å². The van der Waals surface area contributed by atoms with Crippen molar-refractivity contribution in [2.45, 2.75) is 0 Å². The van der Waals surface area contributed by atoms with Crippen molar-refractivity contribution in [2.75, 3.05) is 0 Å². The number of hydrogen-bond acceptors (Lipinski definition) is 3. The highest BCUT2D eigenvalue weighted by atomic mass is 15.0. The van der Waals surface area contributed by atoms with Crippen LogP contribution in [0.5, 0.6) is 0 Å². The molecule has 0 atom stereocenters. The first-order valence-electron chi connectivity index (χ1n) is 20.1. The molecule has 0 fully saturated rings. The van der Waals surface area contributed by atoms with Crippen molar-refractivity contribution in [3.05, 3.63) is 216 Å². The Hall–Kier alpha value is -9.09. The Labute approximate surface area is 356 Å². The molecule has 0 aliphatic heterocycles. The normalized spacial score (nSPS) is 11.2. The molecule has 0 saturated heterocycles. The van der Waals surface area contributed by atoms with Gasteiger partial charge in [-0.3, -0.25) is 0 Å². The van der Waals surface area contributed by atoms with Gasteiger partial charge in [0.25, 0.3) is 0 Å². The first-order valence-corrected chi connectivity index (χ1v) is 20.1. The quantitative estimate of drug-likeness (QED) is 0.158. The maximum Gasteiger partial charge on any atom is 0.187 e. The van der Waals surface area contributed by atoms with Gasteiger partial charge in [0, 0.05) is 44.0 Å². The van der Waals surface area contributed by atoms with Crippen molar-refractivity contribution in [1.29, 1.82) is 5.26 Å². The molecule has 3 heterocycles. The molecular weight excluding hydrogens is 759 g/mol. The number of nitrogens with zero attached hydrogens (tertiary/aromatic N) is 7. The molecule has 0 amide bonds. The molecule has 0 saturated carbocycles. The second-order valence-corrected chi connectivity index (χ2v) is 15.1. The summed E-state index contributed by atoms with van der Waals surface area (Å²) in [5.41, 5.74) is 13.3. The first kappa shape index (κ1) is 36.0. The van der Waals surface area contributed by atoms with Crippen molar-refractivity contribution in [2.24, 2.45) is 0 Å². The van der Waals surface area contributed by atoms with E-state index in [1.165, 1.54) is 32.6 Å². The monoisotopic (exact) mass is 789 g/mol. The standard InChI is InChI=1S/C55H31N7/c1-57-40-13-9-11-37(30-40)49-33-50(60-55(59-49)38-12-10-14-41(31-38)58-2)44-27-23-36(29-39(44)34-56)35-21-24-42(25-22-35)61-53-20-8-5-17-47(53)48-32-43(26-28-54(48)61)62-51-18-6-3-15-45(51)46-16-4-7-19-52(46)62/h3-33H. The van der Waals surface area contributed by atoms with E-state index in [4.69, 9.17) is 23.1 Å². The Balaban J connectivity index is 0.979. The summed E-state index contributed by atoms with van der Waals surface area (Å²) in [6, 6.07) is 65.6. The molecule has 0 unspecified atom stereocenters. The Morgan fingerprint density at radius 1 is 0.419 bits per heavy atom. The van der Waals surface area contributed by atoms with Crippen LogP contribution in [0, 0.1) is 24.5 Å². The van der Waals surface area contributed by atoms with Crippen LogP contribution >= 0.6 is 0 Å². The lowest BCUT2D eigenvalue weighted by atomic mass is 9.97. The summed E-state index contributed by atoms with van der Waals surface area (Å²) in [5.74, 6) is 0.424. The molecule has 0 radical (unpaired) electrons. The van der Waals surface area contributed by atoms with Gasteiger partial charge in [-0.15, -0.1) is 0 Å². The molecule has 0 bridgehead atoms. The molecular formula is C55H31N7. The molecule has 0 spiro atoms. The number of aromatic nitrogens is 4. The van der Waals surface area contributed by atoms with Gasteiger partial charge in [0.1, 0.15) is 0 Å². The predicted octanol–water partition coefficient (Wildman–Crippen LogP) is 14.3. The molecule has 11 aromatic rings. The molecule has 8 aromatic carbocycles. The highest BCUT2D eigenvalue weighted by Gasteiger charge is 2.18. The zero-order chi connectivity index (χ0) is 41.7. The molecule has 62 heavy (non-hydrogen) atoms. The van der Waals surface area contributed by atoms with E-state index in [1.807, 2.05) is 48.5 Å². The fourth-order valence-electron chi connectivity index (χ4n) is 8.73. The largest absolute Gasteiger partial charge is 0.309 e. The van der Waals surface area contributed by atoms with Crippen LogP contribution in [-0.4, -0.2) is 19.1 Å². The number of benzene rings is 8. The topological polar surface area (TPSA) is 68.2 Å². The molecule has 7 nitrogen and oxygen atoms in total. The van der Waals surface area contributed by atoms with Crippen LogP contribution in [0.4, 0.5) is 11.4 Å². The maximum absolute atomic E-state index is 10.6. The van der Waals surface area contributed by atoms with Gasteiger partial charge in [-0.1, -0.05) is 115 Å². The van der Waals surface area contributed by atoms with Crippen LogP contribution in [0.3, 0.4) is 0 Å². The molecule has 0 aliphatic carbocycles. The molecule has 11 rings (SSSR count). The third-order valence-electron chi connectivity index (χ3n) is 11.6. The summed E-state index contributed by atoms with van der Waals surface area (Å²) in [6.07, 6.45) is 0. The smallest absolute Gasteiger partial charge is 0.187 e. The van der Waals surface area contributed by atoms with Gasteiger partial charge in [-0.2, -0.15) is 5.26 Å². The number of rotatable bonds is 6. The average Bonchev–Trinajstić information content (AvgIpc) is 3.86. The van der Waals surface area contributed by atoms with Gasteiger partial charge in [0.05, 0.1) is 58.2 Å². The zero-order valence-electron chi connectivity index (χ0n) is 33.0. The third-order valence-corrected chi connectivity index (χ3v) is 11.6. The number of hydrogen-bond donors (Lipinski definition) is 0. The fourth-order valence-corrected chi connectivity index (χ4v) is 8.73. The Bertz CT molecular complexity index is 3610. The van der Waals surface area contributed by atoms with Crippen LogP contribution in [0.25, 0.3) is 110 Å². The minimum absolute atomic E-state index is 0.424. The predicted molar refractivity (Wildman–Crippen MR) is 250 cm³/mol. The van der Waals surface area contributed by atoms with Gasteiger partial charge in [-0.05, 0) is 89.5 Å². The van der Waals surface area contributed by atoms with Gasteiger partial charge in [0.15, 0.2) is 17.2 Å². The van der Waals surface area contributed by atoms with Crippen molar-refractivity contribution in [3.8, 4) is 62.5 Å². The summed E-state index contributed by atoms with van der Waals surface area (Å²) < 4.78 is 4.68. The minimum atomic E-state index is 0.424. The van der Waals surface area contributed by atoms with Gasteiger partial charge < -0.3 is 9.13 Å². The molecule has 7 heteroatoms. The van der Waals surface area contributed by atoms with Crippen LogP contribution in [0.15, 0.2) is 188 Å².